The molecule has 0 radical (unpaired) electrons. The molecule has 1 aromatic carbocycles. The van der Waals surface area contributed by atoms with Crippen molar-refractivity contribution in [3.05, 3.63) is 52.2 Å². The third-order valence-corrected chi connectivity index (χ3v) is 5.70. The second-order valence-electron chi connectivity index (χ2n) is 5.37. The smallest absolute Gasteiger partial charge is 0.238 e. The lowest BCUT2D eigenvalue weighted by atomic mass is 10.1. The minimum atomic E-state index is -3.69. The van der Waals surface area contributed by atoms with Gasteiger partial charge in [-0.1, -0.05) is 18.2 Å². The number of hydrogen-bond donors (Lipinski definition) is 1. The van der Waals surface area contributed by atoms with Gasteiger partial charge in [-0.15, -0.1) is 11.3 Å². The van der Waals surface area contributed by atoms with Crippen molar-refractivity contribution in [1.29, 1.82) is 0 Å². The minimum absolute atomic E-state index is 0.0569. The van der Waals surface area contributed by atoms with E-state index in [4.69, 9.17) is 5.14 Å². The van der Waals surface area contributed by atoms with E-state index in [0.29, 0.717) is 6.42 Å². The first-order valence-corrected chi connectivity index (χ1v) is 9.62. The minimum Gasteiger partial charge on any atom is -0.339 e. The normalized spacial score (nSPS) is 12.8. The molecule has 0 fully saturated rings. The van der Waals surface area contributed by atoms with E-state index < -0.39 is 10.0 Å². The molecule has 1 unspecified atom stereocenters. The SMILES string of the molecule is CC(c1ccc(S(N)(=O)=O)cc1)N(C)C(=O)CCc1cccs1. The zero-order chi connectivity index (χ0) is 17.0. The van der Waals surface area contributed by atoms with E-state index in [9.17, 15) is 13.2 Å². The molecule has 0 aliphatic heterocycles. The average Bonchev–Trinajstić information content (AvgIpc) is 3.04. The van der Waals surface area contributed by atoms with E-state index >= 15 is 0 Å². The van der Waals surface area contributed by atoms with Crippen LogP contribution in [0.4, 0.5) is 0 Å². The number of rotatable bonds is 6. The number of carbonyl (C=O) groups is 1. The number of thiophene rings is 1. The van der Waals surface area contributed by atoms with Crippen LogP contribution in [-0.2, 0) is 21.2 Å². The first-order chi connectivity index (χ1) is 10.8. The summed E-state index contributed by atoms with van der Waals surface area (Å²) >= 11 is 1.65. The molecule has 0 spiro atoms. The zero-order valence-electron chi connectivity index (χ0n) is 13.1. The maximum absolute atomic E-state index is 12.3. The second kappa shape index (κ2) is 7.25. The van der Waals surface area contributed by atoms with Crippen molar-refractivity contribution in [1.82, 2.24) is 4.90 Å². The number of amides is 1. The highest BCUT2D eigenvalue weighted by Gasteiger charge is 2.18. The van der Waals surface area contributed by atoms with Gasteiger partial charge in [-0.05, 0) is 42.5 Å². The van der Waals surface area contributed by atoms with Gasteiger partial charge in [0, 0.05) is 18.3 Å². The van der Waals surface area contributed by atoms with Gasteiger partial charge in [0.1, 0.15) is 0 Å². The Labute approximate surface area is 140 Å². The number of nitrogens with zero attached hydrogens (tertiary/aromatic N) is 1. The number of nitrogens with two attached hydrogens (primary N) is 1. The summed E-state index contributed by atoms with van der Waals surface area (Å²) in [6.45, 7) is 1.91. The van der Waals surface area contributed by atoms with Crippen LogP contribution < -0.4 is 5.14 Å². The summed E-state index contributed by atoms with van der Waals surface area (Å²) in [5, 5.41) is 7.08. The molecule has 5 nitrogen and oxygen atoms in total. The van der Waals surface area contributed by atoms with E-state index in [1.807, 2.05) is 24.4 Å². The van der Waals surface area contributed by atoms with Crippen molar-refractivity contribution in [3.63, 3.8) is 0 Å². The number of primary sulfonamides is 1. The number of carbonyl (C=O) groups excluding carboxylic acids is 1. The summed E-state index contributed by atoms with van der Waals surface area (Å²) in [7, 11) is -1.94. The molecular formula is C16H20N2O3S2. The van der Waals surface area contributed by atoms with Crippen LogP contribution in [-0.4, -0.2) is 26.3 Å². The maximum atomic E-state index is 12.3. The Kier molecular flexibility index (Phi) is 5.56. The average molecular weight is 352 g/mol. The predicted molar refractivity (Wildman–Crippen MR) is 91.6 cm³/mol. The molecule has 0 saturated carbocycles. The largest absolute Gasteiger partial charge is 0.339 e. The van der Waals surface area contributed by atoms with E-state index in [1.54, 1.807) is 35.4 Å². The molecule has 0 bridgehead atoms. The van der Waals surface area contributed by atoms with Gasteiger partial charge in [0.2, 0.25) is 15.9 Å². The fourth-order valence-corrected chi connectivity index (χ4v) is 3.46. The third kappa shape index (κ3) is 4.63. The molecule has 0 saturated heterocycles. The Bertz CT molecular complexity index is 753. The lowest BCUT2D eigenvalue weighted by Crippen LogP contribution is -2.29. The molecule has 0 aliphatic carbocycles. The predicted octanol–water partition coefficient (Wildman–Crippen LogP) is 2.55. The molecule has 1 atom stereocenters. The lowest BCUT2D eigenvalue weighted by molar-refractivity contribution is -0.131. The van der Waals surface area contributed by atoms with E-state index in [-0.39, 0.29) is 16.8 Å². The number of hydrogen-bond acceptors (Lipinski definition) is 4. The van der Waals surface area contributed by atoms with Crippen LogP contribution in [0.1, 0.15) is 29.8 Å². The summed E-state index contributed by atoms with van der Waals surface area (Å²) < 4.78 is 22.5. The summed E-state index contributed by atoms with van der Waals surface area (Å²) in [4.78, 5) is 15.2. The quantitative estimate of drug-likeness (QED) is 0.867. The van der Waals surface area contributed by atoms with Gasteiger partial charge in [0.05, 0.1) is 10.9 Å². The Morgan fingerprint density at radius 1 is 1.26 bits per heavy atom. The van der Waals surface area contributed by atoms with Gasteiger partial charge in [-0.25, -0.2) is 13.6 Å². The molecule has 2 aromatic rings. The maximum Gasteiger partial charge on any atom is 0.238 e. The van der Waals surface area contributed by atoms with Gasteiger partial charge in [-0.3, -0.25) is 4.79 Å². The molecule has 1 aromatic heterocycles. The first kappa shape index (κ1) is 17.7. The molecule has 23 heavy (non-hydrogen) atoms. The second-order valence-corrected chi connectivity index (χ2v) is 7.97. The Hall–Kier alpha value is -1.70. The topological polar surface area (TPSA) is 80.5 Å². The van der Waals surface area contributed by atoms with Crippen molar-refractivity contribution in [3.8, 4) is 0 Å². The zero-order valence-corrected chi connectivity index (χ0v) is 14.7. The van der Waals surface area contributed by atoms with Crippen molar-refractivity contribution in [2.45, 2.75) is 30.7 Å². The highest BCUT2D eigenvalue weighted by molar-refractivity contribution is 7.89. The highest BCUT2D eigenvalue weighted by atomic mass is 32.2. The highest BCUT2D eigenvalue weighted by Crippen LogP contribution is 2.21. The van der Waals surface area contributed by atoms with Crippen molar-refractivity contribution < 1.29 is 13.2 Å². The van der Waals surface area contributed by atoms with E-state index in [2.05, 4.69) is 0 Å². The van der Waals surface area contributed by atoms with Gasteiger partial charge < -0.3 is 4.90 Å². The molecule has 1 amide bonds. The summed E-state index contributed by atoms with van der Waals surface area (Å²) in [5.41, 5.74) is 0.865. The summed E-state index contributed by atoms with van der Waals surface area (Å²) in [5.74, 6) is 0.0569. The molecule has 1 heterocycles. The van der Waals surface area contributed by atoms with Gasteiger partial charge in [0.15, 0.2) is 0 Å². The fraction of sp³-hybridized carbons (Fsp3) is 0.312. The van der Waals surface area contributed by atoms with Crippen molar-refractivity contribution in [2.24, 2.45) is 5.14 Å². The van der Waals surface area contributed by atoms with Crippen molar-refractivity contribution in [2.75, 3.05) is 7.05 Å². The van der Waals surface area contributed by atoms with Crippen LogP contribution in [0.15, 0.2) is 46.7 Å². The lowest BCUT2D eigenvalue weighted by Gasteiger charge is -2.25. The van der Waals surface area contributed by atoms with Crippen LogP contribution in [0.3, 0.4) is 0 Å². The van der Waals surface area contributed by atoms with Gasteiger partial charge >= 0.3 is 0 Å². The Morgan fingerprint density at radius 3 is 2.43 bits per heavy atom. The molecule has 7 heteroatoms. The van der Waals surface area contributed by atoms with Gasteiger partial charge in [-0.2, -0.15) is 0 Å². The van der Waals surface area contributed by atoms with Crippen LogP contribution in [0, 0.1) is 0 Å². The Balaban J connectivity index is 2.00. The van der Waals surface area contributed by atoms with Gasteiger partial charge in [0.25, 0.3) is 0 Å². The molecular weight excluding hydrogens is 332 g/mol. The molecule has 2 rings (SSSR count). The van der Waals surface area contributed by atoms with Crippen LogP contribution in [0.5, 0.6) is 0 Å². The monoisotopic (exact) mass is 352 g/mol. The fourth-order valence-electron chi connectivity index (χ4n) is 2.24. The van der Waals surface area contributed by atoms with Crippen molar-refractivity contribution >= 4 is 27.3 Å². The molecule has 0 aliphatic rings. The number of benzene rings is 1. The summed E-state index contributed by atoms with van der Waals surface area (Å²) in [6, 6.07) is 10.2. The summed E-state index contributed by atoms with van der Waals surface area (Å²) in [6.07, 6.45) is 1.19. The Morgan fingerprint density at radius 2 is 1.91 bits per heavy atom. The molecule has 2 N–H and O–H groups in total. The third-order valence-electron chi connectivity index (χ3n) is 3.83. The number of aryl methyl sites for hydroxylation is 1. The van der Waals surface area contributed by atoms with E-state index in [1.165, 1.54) is 17.0 Å². The first-order valence-electron chi connectivity index (χ1n) is 7.20. The van der Waals surface area contributed by atoms with Crippen LogP contribution in [0.2, 0.25) is 0 Å². The van der Waals surface area contributed by atoms with E-state index in [0.717, 1.165) is 12.0 Å². The number of sulfonamides is 1. The van der Waals surface area contributed by atoms with Crippen LogP contribution in [0.25, 0.3) is 0 Å². The van der Waals surface area contributed by atoms with Crippen LogP contribution >= 0.6 is 11.3 Å². The standard InChI is InChI=1S/C16H20N2O3S2/c1-12(13-5-8-15(9-6-13)23(17,20)21)18(2)16(19)10-7-14-4-3-11-22-14/h3-6,8-9,11-12H,7,10H2,1-2H3,(H2,17,20,21). The molecule has 124 valence electrons.